The van der Waals surface area contributed by atoms with Crippen LogP contribution >= 0.6 is 0 Å². The largest absolute Gasteiger partial charge is 0.391 e. The van der Waals surface area contributed by atoms with Crippen LogP contribution in [0.3, 0.4) is 0 Å². The Labute approximate surface area is 77.8 Å². The van der Waals surface area contributed by atoms with Crippen molar-refractivity contribution < 1.29 is 5.11 Å². The normalized spacial score (nSPS) is 33.5. The minimum absolute atomic E-state index is 0.331. The van der Waals surface area contributed by atoms with Gasteiger partial charge >= 0.3 is 0 Å². The molecule has 0 saturated carbocycles. The van der Waals surface area contributed by atoms with E-state index in [1.165, 1.54) is 0 Å². The van der Waals surface area contributed by atoms with Crippen LogP contribution in [0.25, 0.3) is 0 Å². The lowest BCUT2D eigenvalue weighted by Gasteiger charge is -2.27. The first kappa shape index (κ1) is 8.66. The zero-order valence-corrected chi connectivity index (χ0v) is 7.70. The SMILES string of the molecule is CC1(c2ccccn2)NCCC1O. The summed E-state index contributed by atoms with van der Waals surface area (Å²) in [4.78, 5) is 4.26. The molecule has 1 aromatic rings. The van der Waals surface area contributed by atoms with Gasteiger partial charge in [-0.1, -0.05) is 6.07 Å². The van der Waals surface area contributed by atoms with E-state index in [1.54, 1.807) is 6.20 Å². The van der Waals surface area contributed by atoms with Crippen molar-refractivity contribution in [2.75, 3.05) is 6.54 Å². The molecule has 3 nitrogen and oxygen atoms in total. The number of pyridine rings is 1. The first-order chi connectivity index (χ1) is 6.23. The maximum atomic E-state index is 9.80. The molecule has 2 N–H and O–H groups in total. The molecule has 0 spiro atoms. The van der Waals surface area contributed by atoms with E-state index < -0.39 is 0 Å². The van der Waals surface area contributed by atoms with Gasteiger partial charge < -0.3 is 10.4 Å². The fourth-order valence-electron chi connectivity index (χ4n) is 1.81. The fourth-order valence-corrected chi connectivity index (χ4v) is 1.81. The van der Waals surface area contributed by atoms with E-state index in [0.29, 0.717) is 0 Å². The molecule has 1 aliphatic heterocycles. The molecule has 2 rings (SSSR count). The van der Waals surface area contributed by atoms with E-state index in [2.05, 4.69) is 10.3 Å². The summed E-state index contributed by atoms with van der Waals surface area (Å²) in [6.07, 6.45) is 2.22. The third kappa shape index (κ3) is 1.34. The Morgan fingerprint density at radius 2 is 2.46 bits per heavy atom. The molecule has 2 heterocycles. The average Bonchev–Trinajstić information content (AvgIpc) is 2.50. The number of hydrogen-bond donors (Lipinski definition) is 2. The van der Waals surface area contributed by atoms with Gasteiger partial charge in [-0.3, -0.25) is 4.98 Å². The zero-order valence-electron chi connectivity index (χ0n) is 7.70. The van der Waals surface area contributed by atoms with Crippen LogP contribution in [0, 0.1) is 0 Å². The molecule has 1 aliphatic rings. The maximum Gasteiger partial charge on any atom is 0.0843 e. The molecule has 0 bridgehead atoms. The van der Waals surface area contributed by atoms with Gasteiger partial charge in [0.15, 0.2) is 0 Å². The smallest absolute Gasteiger partial charge is 0.0843 e. The molecule has 2 unspecified atom stereocenters. The summed E-state index contributed by atoms with van der Waals surface area (Å²) in [7, 11) is 0. The van der Waals surface area contributed by atoms with Crippen molar-refractivity contribution in [3.63, 3.8) is 0 Å². The Hall–Kier alpha value is -0.930. The second kappa shape index (κ2) is 3.09. The van der Waals surface area contributed by atoms with Crippen molar-refractivity contribution in [3.05, 3.63) is 30.1 Å². The van der Waals surface area contributed by atoms with Crippen LogP contribution in [0.15, 0.2) is 24.4 Å². The molecule has 0 amide bonds. The van der Waals surface area contributed by atoms with E-state index in [1.807, 2.05) is 25.1 Å². The molecule has 13 heavy (non-hydrogen) atoms. The second-order valence-corrected chi connectivity index (χ2v) is 3.65. The number of aromatic nitrogens is 1. The first-order valence-corrected chi connectivity index (χ1v) is 4.58. The number of hydrogen-bond acceptors (Lipinski definition) is 3. The Balaban J connectivity index is 2.34. The van der Waals surface area contributed by atoms with Gasteiger partial charge in [-0.15, -0.1) is 0 Å². The third-order valence-electron chi connectivity index (χ3n) is 2.77. The van der Waals surface area contributed by atoms with E-state index in [9.17, 15) is 5.11 Å². The van der Waals surface area contributed by atoms with Crippen LogP contribution in [-0.2, 0) is 5.54 Å². The van der Waals surface area contributed by atoms with Gasteiger partial charge in [0.2, 0.25) is 0 Å². The molecular weight excluding hydrogens is 164 g/mol. The monoisotopic (exact) mass is 178 g/mol. The minimum Gasteiger partial charge on any atom is -0.391 e. The van der Waals surface area contributed by atoms with E-state index >= 15 is 0 Å². The number of aliphatic hydroxyl groups is 1. The molecule has 0 aliphatic carbocycles. The zero-order chi connectivity index (χ0) is 9.31. The minimum atomic E-state index is -0.360. The fraction of sp³-hybridized carbons (Fsp3) is 0.500. The summed E-state index contributed by atoms with van der Waals surface area (Å²) in [6.45, 7) is 2.85. The molecule has 70 valence electrons. The summed E-state index contributed by atoms with van der Waals surface area (Å²) in [5.74, 6) is 0. The van der Waals surface area contributed by atoms with Gasteiger partial charge in [-0.2, -0.15) is 0 Å². The highest BCUT2D eigenvalue weighted by molar-refractivity contribution is 5.18. The van der Waals surface area contributed by atoms with Crippen LogP contribution in [0.4, 0.5) is 0 Å². The molecule has 1 fully saturated rings. The van der Waals surface area contributed by atoms with Crippen LogP contribution in [0.5, 0.6) is 0 Å². The molecule has 1 aromatic heterocycles. The van der Waals surface area contributed by atoms with Gasteiger partial charge in [-0.25, -0.2) is 0 Å². The van der Waals surface area contributed by atoms with Crippen LogP contribution in [-0.4, -0.2) is 22.7 Å². The first-order valence-electron chi connectivity index (χ1n) is 4.58. The van der Waals surface area contributed by atoms with Crippen molar-refractivity contribution in [3.8, 4) is 0 Å². The average molecular weight is 178 g/mol. The lowest BCUT2D eigenvalue weighted by Crippen LogP contribution is -2.42. The lowest BCUT2D eigenvalue weighted by atomic mass is 9.92. The Morgan fingerprint density at radius 3 is 3.00 bits per heavy atom. The highest BCUT2D eigenvalue weighted by Gasteiger charge is 2.39. The summed E-state index contributed by atoms with van der Waals surface area (Å²) >= 11 is 0. The van der Waals surface area contributed by atoms with Crippen molar-refractivity contribution in [2.45, 2.75) is 25.0 Å². The van der Waals surface area contributed by atoms with E-state index in [-0.39, 0.29) is 11.6 Å². The van der Waals surface area contributed by atoms with Gasteiger partial charge in [0.1, 0.15) is 0 Å². The topological polar surface area (TPSA) is 45.2 Å². The number of aliphatic hydroxyl groups excluding tert-OH is 1. The third-order valence-corrected chi connectivity index (χ3v) is 2.77. The Bertz CT molecular complexity index is 288. The summed E-state index contributed by atoms with van der Waals surface area (Å²) in [5.41, 5.74) is 0.557. The van der Waals surface area contributed by atoms with Crippen LogP contribution in [0.1, 0.15) is 19.0 Å². The van der Waals surface area contributed by atoms with E-state index in [4.69, 9.17) is 0 Å². The second-order valence-electron chi connectivity index (χ2n) is 3.65. The Kier molecular flexibility index (Phi) is 2.06. The molecule has 3 heteroatoms. The molecule has 1 saturated heterocycles. The molecule has 0 aromatic carbocycles. The maximum absolute atomic E-state index is 9.80. The summed E-state index contributed by atoms with van der Waals surface area (Å²) in [5, 5.41) is 13.1. The van der Waals surface area contributed by atoms with E-state index in [0.717, 1.165) is 18.7 Å². The van der Waals surface area contributed by atoms with Crippen molar-refractivity contribution in [1.82, 2.24) is 10.3 Å². The van der Waals surface area contributed by atoms with Gasteiger partial charge in [0.25, 0.3) is 0 Å². The quantitative estimate of drug-likeness (QED) is 0.663. The van der Waals surface area contributed by atoms with Gasteiger partial charge in [-0.05, 0) is 32.0 Å². The lowest BCUT2D eigenvalue weighted by molar-refractivity contribution is 0.105. The van der Waals surface area contributed by atoms with Crippen molar-refractivity contribution >= 4 is 0 Å². The van der Waals surface area contributed by atoms with Gasteiger partial charge in [0.05, 0.1) is 17.3 Å². The predicted molar refractivity (Wildman–Crippen MR) is 50.2 cm³/mol. The summed E-state index contributed by atoms with van der Waals surface area (Å²) < 4.78 is 0. The van der Waals surface area contributed by atoms with Crippen molar-refractivity contribution in [2.24, 2.45) is 0 Å². The number of nitrogens with one attached hydrogen (secondary N) is 1. The summed E-state index contributed by atoms with van der Waals surface area (Å²) in [6, 6.07) is 5.77. The van der Waals surface area contributed by atoms with Gasteiger partial charge in [0, 0.05) is 6.20 Å². The van der Waals surface area contributed by atoms with Crippen molar-refractivity contribution in [1.29, 1.82) is 0 Å². The standard InChI is InChI=1S/C10H14N2O/c1-10(9(13)5-7-12-10)8-4-2-3-6-11-8/h2-4,6,9,12-13H,5,7H2,1H3. The Morgan fingerprint density at radius 1 is 1.62 bits per heavy atom. The number of rotatable bonds is 1. The van der Waals surface area contributed by atoms with Crippen LogP contribution in [0.2, 0.25) is 0 Å². The highest BCUT2D eigenvalue weighted by atomic mass is 16.3. The highest BCUT2D eigenvalue weighted by Crippen LogP contribution is 2.28. The molecule has 2 atom stereocenters. The molecular formula is C10H14N2O. The number of nitrogens with zero attached hydrogens (tertiary/aromatic N) is 1. The van der Waals surface area contributed by atoms with Crippen LogP contribution < -0.4 is 5.32 Å². The molecule has 0 radical (unpaired) electrons. The predicted octanol–water partition coefficient (Wildman–Crippen LogP) is 0.651.